The standard InChI is InChI=1S/C12H13BrN2O2/c1-3-7-5-6-9(17-7)11-14-8(4-2)10(13)12(16)15-11/h5-6H,3-4H2,1-2H3,(H,14,15,16). The van der Waals surface area contributed by atoms with E-state index in [0.717, 1.165) is 17.9 Å². The fourth-order valence-corrected chi connectivity index (χ4v) is 2.02. The highest BCUT2D eigenvalue weighted by Gasteiger charge is 2.11. The minimum Gasteiger partial charge on any atom is -0.458 e. The molecule has 90 valence electrons. The molecule has 0 aliphatic rings. The Bertz CT molecular complexity index is 586. The van der Waals surface area contributed by atoms with E-state index in [1.54, 1.807) is 0 Å². The Morgan fingerprint density at radius 2 is 2.12 bits per heavy atom. The zero-order chi connectivity index (χ0) is 12.4. The fourth-order valence-electron chi connectivity index (χ4n) is 1.55. The molecule has 0 amide bonds. The predicted molar refractivity (Wildman–Crippen MR) is 69.0 cm³/mol. The van der Waals surface area contributed by atoms with E-state index in [2.05, 4.69) is 25.9 Å². The van der Waals surface area contributed by atoms with Crippen LogP contribution in [0.3, 0.4) is 0 Å². The van der Waals surface area contributed by atoms with Crippen molar-refractivity contribution in [3.8, 4) is 11.6 Å². The van der Waals surface area contributed by atoms with E-state index in [1.165, 1.54) is 0 Å². The molecule has 0 aliphatic heterocycles. The highest BCUT2D eigenvalue weighted by molar-refractivity contribution is 9.10. The van der Waals surface area contributed by atoms with E-state index in [4.69, 9.17) is 4.42 Å². The van der Waals surface area contributed by atoms with Gasteiger partial charge in [-0.2, -0.15) is 0 Å². The van der Waals surface area contributed by atoms with Crippen molar-refractivity contribution in [1.82, 2.24) is 9.97 Å². The lowest BCUT2D eigenvalue weighted by molar-refractivity contribution is 0.525. The number of H-pyrrole nitrogens is 1. The molecule has 2 aromatic heterocycles. The molecule has 2 aromatic rings. The fraction of sp³-hybridized carbons (Fsp3) is 0.333. The Hall–Kier alpha value is -1.36. The first kappa shape index (κ1) is 12.1. The highest BCUT2D eigenvalue weighted by atomic mass is 79.9. The van der Waals surface area contributed by atoms with Gasteiger partial charge in [0.15, 0.2) is 11.6 Å². The highest BCUT2D eigenvalue weighted by Crippen LogP contribution is 2.20. The molecule has 17 heavy (non-hydrogen) atoms. The number of furan rings is 1. The lowest BCUT2D eigenvalue weighted by Crippen LogP contribution is -2.13. The molecule has 1 N–H and O–H groups in total. The SMILES string of the molecule is CCc1ccc(-c2nc(CC)c(Br)c(=O)[nH]2)o1. The van der Waals surface area contributed by atoms with Crippen LogP contribution in [0.4, 0.5) is 0 Å². The molecule has 0 radical (unpaired) electrons. The summed E-state index contributed by atoms with van der Waals surface area (Å²) in [5, 5.41) is 0. The summed E-state index contributed by atoms with van der Waals surface area (Å²) >= 11 is 3.23. The van der Waals surface area contributed by atoms with Crippen LogP contribution in [-0.4, -0.2) is 9.97 Å². The lowest BCUT2D eigenvalue weighted by atomic mass is 10.3. The number of hydrogen-bond donors (Lipinski definition) is 1. The van der Waals surface area contributed by atoms with Crippen molar-refractivity contribution in [2.45, 2.75) is 26.7 Å². The van der Waals surface area contributed by atoms with Crippen molar-refractivity contribution in [2.24, 2.45) is 0 Å². The minimum atomic E-state index is -0.179. The summed E-state index contributed by atoms with van der Waals surface area (Å²) in [6, 6.07) is 3.72. The summed E-state index contributed by atoms with van der Waals surface area (Å²) in [4.78, 5) is 18.8. The number of aromatic amines is 1. The van der Waals surface area contributed by atoms with Gasteiger partial charge in [-0.3, -0.25) is 4.79 Å². The summed E-state index contributed by atoms with van der Waals surface area (Å²) in [7, 11) is 0. The number of nitrogens with zero attached hydrogens (tertiary/aromatic N) is 1. The summed E-state index contributed by atoms with van der Waals surface area (Å²) in [5.74, 6) is 1.96. The second-order valence-electron chi connectivity index (χ2n) is 3.65. The van der Waals surface area contributed by atoms with Gasteiger partial charge in [0, 0.05) is 6.42 Å². The Morgan fingerprint density at radius 3 is 2.71 bits per heavy atom. The molecule has 0 aliphatic carbocycles. The normalized spacial score (nSPS) is 10.8. The van der Waals surface area contributed by atoms with Crippen LogP contribution in [0, 0.1) is 0 Å². The first-order valence-corrected chi connectivity index (χ1v) is 6.32. The van der Waals surface area contributed by atoms with Crippen LogP contribution in [0.1, 0.15) is 25.3 Å². The molecule has 0 saturated carbocycles. The number of halogens is 1. The van der Waals surface area contributed by atoms with Crippen molar-refractivity contribution in [1.29, 1.82) is 0 Å². The average molecular weight is 297 g/mol. The average Bonchev–Trinajstić information content (AvgIpc) is 2.81. The largest absolute Gasteiger partial charge is 0.458 e. The van der Waals surface area contributed by atoms with Gasteiger partial charge in [0.2, 0.25) is 0 Å². The van der Waals surface area contributed by atoms with E-state index in [9.17, 15) is 4.79 Å². The van der Waals surface area contributed by atoms with Gasteiger partial charge in [0.05, 0.1) is 5.69 Å². The number of aromatic nitrogens is 2. The van der Waals surface area contributed by atoms with Crippen molar-refractivity contribution >= 4 is 15.9 Å². The van der Waals surface area contributed by atoms with E-state index in [1.807, 2.05) is 26.0 Å². The molecular formula is C12H13BrN2O2. The van der Waals surface area contributed by atoms with E-state index >= 15 is 0 Å². The number of hydrogen-bond acceptors (Lipinski definition) is 3. The molecular weight excluding hydrogens is 284 g/mol. The summed E-state index contributed by atoms with van der Waals surface area (Å²) in [5.41, 5.74) is 0.555. The minimum absolute atomic E-state index is 0.179. The third-order valence-corrected chi connectivity index (χ3v) is 3.33. The molecule has 0 saturated heterocycles. The van der Waals surface area contributed by atoms with Gasteiger partial charge < -0.3 is 9.40 Å². The summed E-state index contributed by atoms with van der Waals surface area (Å²) < 4.78 is 6.06. The van der Waals surface area contributed by atoms with Crippen molar-refractivity contribution in [3.63, 3.8) is 0 Å². The number of aryl methyl sites for hydroxylation is 2. The third-order valence-electron chi connectivity index (χ3n) is 2.51. The Morgan fingerprint density at radius 1 is 1.35 bits per heavy atom. The molecule has 0 aromatic carbocycles. The van der Waals surface area contributed by atoms with Gasteiger partial charge in [-0.05, 0) is 34.5 Å². The Labute approximate surface area is 107 Å². The number of nitrogens with one attached hydrogen (secondary N) is 1. The quantitative estimate of drug-likeness (QED) is 0.947. The molecule has 0 unspecified atom stereocenters. The molecule has 4 nitrogen and oxygen atoms in total. The smallest absolute Gasteiger partial charge is 0.265 e. The second-order valence-corrected chi connectivity index (χ2v) is 4.44. The van der Waals surface area contributed by atoms with E-state index in [-0.39, 0.29) is 5.56 Å². The first-order chi connectivity index (χ1) is 8.15. The van der Waals surface area contributed by atoms with Crippen LogP contribution in [0.25, 0.3) is 11.6 Å². The Kier molecular flexibility index (Phi) is 3.47. The van der Waals surface area contributed by atoms with Crippen LogP contribution >= 0.6 is 15.9 Å². The van der Waals surface area contributed by atoms with Gasteiger partial charge in [-0.1, -0.05) is 13.8 Å². The zero-order valence-corrected chi connectivity index (χ0v) is 11.3. The van der Waals surface area contributed by atoms with Gasteiger partial charge in [-0.25, -0.2) is 4.98 Å². The molecule has 0 bridgehead atoms. The van der Waals surface area contributed by atoms with Crippen molar-refractivity contribution in [2.75, 3.05) is 0 Å². The van der Waals surface area contributed by atoms with E-state index < -0.39 is 0 Å². The van der Waals surface area contributed by atoms with Gasteiger partial charge >= 0.3 is 0 Å². The maximum Gasteiger partial charge on any atom is 0.265 e. The van der Waals surface area contributed by atoms with Crippen LogP contribution in [0.2, 0.25) is 0 Å². The summed E-state index contributed by atoms with van der Waals surface area (Å²) in [6.07, 6.45) is 1.51. The molecule has 2 heterocycles. The summed E-state index contributed by atoms with van der Waals surface area (Å²) in [6.45, 7) is 3.97. The van der Waals surface area contributed by atoms with Gasteiger partial charge in [-0.15, -0.1) is 0 Å². The number of rotatable bonds is 3. The molecule has 2 rings (SSSR count). The molecule has 0 fully saturated rings. The maximum absolute atomic E-state index is 11.7. The predicted octanol–water partition coefficient (Wildman–Crippen LogP) is 2.92. The molecule has 0 atom stereocenters. The second kappa shape index (κ2) is 4.87. The maximum atomic E-state index is 11.7. The van der Waals surface area contributed by atoms with Crippen molar-refractivity contribution in [3.05, 3.63) is 38.4 Å². The van der Waals surface area contributed by atoms with Crippen LogP contribution in [-0.2, 0) is 12.8 Å². The van der Waals surface area contributed by atoms with Crippen LogP contribution in [0.15, 0.2) is 25.8 Å². The molecule has 5 heteroatoms. The van der Waals surface area contributed by atoms with Gasteiger partial charge in [0.25, 0.3) is 5.56 Å². The zero-order valence-electron chi connectivity index (χ0n) is 9.71. The monoisotopic (exact) mass is 296 g/mol. The molecule has 0 spiro atoms. The Balaban J connectivity index is 2.52. The third kappa shape index (κ3) is 2.34. The topological polar surface area (TPSA) is 58.9 Å². The van der Waals surface area contributed by atoms with Gasteiger partial charge in [0.1, 0.15) is 10.2 Å². The first-order valence-electron chi connectivity index (χ1n) is 5.53. The van der Waals surface area contributed by atoms with Crippen molar-refractivity contribution < 1.29 is 4.42 Å². The van der Waals surface area contributed by atoms with Crippen LogP contribution in [0.5, 0.6) is 0 Å². The lowest BCUT2D eigenvalue weighted by Gasteiger charge is -2.02. The van der Waals surface area contributed by atoms with E-state index in [0.29, 0.717) is 22.5 Å². The van der Waals surface area contributed by atoms with Crippen LogP contribution < -0.4 is 5.56 Å².